The number of aliphatic hydroxyl groups is 1. The van der Waals surface area contributed by atoms with E-state index in [9.17, 15) is 14.4 Å². The highest BCUT2D eigenvalue weighted by Gasteiger charge is 2.33. The Morgan fingerprint density at radius 2 is 1.93 bits per heavy atom. The Morgan fingerprint density at radius 3 is 2.60 bits per heavy atom. The number of rotatable bonds is 11. The van der Waals surface area contributed by atoms with Gasteiger partial charge in [0.25, 0.3) is 17.6 Å². The number of aromatic nitrogens is 4. The number of piperazine rings is 1. The number of carbonyl (C=O) groups excluding carboxylic acids is 3. The van der Waals surface area contributed by atoms with Crippen LogP contribution < -0.4 is 32.2 Å². The van der Waals surface area contributed by atoms with Crippen LogP contribution in [0, 0.1) is 0 Å². The van der Waals surface area contributed by atoms with E-state index in [0.29, 0.717) is 41.1 Å². The van der Waals surface area contributed by atoms with Crippen LogP contribution in [0.3, 0.4) is 0 Å². The number of nitrogens with one attached hydrogen (secondary N) is 4. The minimum absolute atomic E-state index is 0.0903. The van der Waals surface area contributed by atoms with Gasteiger partial charge in [-0.1, -0.05) is 18.2 Å². The Labute approximate surface area is 245 Å². The van der Waals surface area contributed by atoms with Gasteiger partial charge in [-0.25, -0.2) is 16.3 Å². The summed E-state index contributed by atoms with van der Waals surface area (Å²) in [5.41, 5.74) is 4.86. The summed E-state index contributed by atoms with van der Waals surface area (Å²) in [6.07, 6.45) is 2.34. The molecular weight excluding hydrogens is 558 g/mol. The van der Waals surface area contributed by atoms with Gasteiger partial charge in [-0.3, -0.25) is 35.2 Å². The van der Waals surface area contributed by atoms with Crippen LogP contribution in [0.4, 0.5) is 5.69 Å². The molecular formula is C27H33N11O5. The Hall–Kier alpha value is -4.87. The highest BCUT2D eigenvalue weighted by Crippen LogP contribution is 2.34. The monoisotopic (exact) mass is 591 g/mol. The molecule has 0 aliphatic carbocycles. The molecule has 3 aromatic heterocycles. The summed E-state index contributed by atoms with van der Waals surface area (Å²) in [4.78, 5) is 50.1. The van der Waals surface area contributed by atoms with Crippen molar-refractivity contribution in [3.63, 3.8) is 0 Å². The number of ether oxygens (including phenoxy) is 1. The van der Waals surface area contributed by atoms with Crippen molar-refractivity contribution in [3.05, 3.63) is 60.0 Å². The fourth-order valence-corrected chi connectivity index (χ4v) is 5.00. The SMILES string of the molecule is COc1cnc(-c2cc(C(=O)NCCO)[nH]n2)c2[nH]cc(C(=O)C(=O)N3CCN(C(NN)N(N)c4ccccc4)CC3)c12. The summed E-state index contributed by atoms with van der Waals surface area (Å²) in [6, 6.07) is 10.8. The van der Waals surface area contributed by atoms with Crippen molar-refractivity contribution in [1.29, 1.82) is 0 Å². The van der Waals surface area contributed by atoms with E-state index in [1.807, 2.05) is 35.2 Å². The van der Waals surface area contributed by atoms with Crippen molar-refractivity contribution in [1.82, 2.24) is 40.7 Å². The zero-order valence-electron chi connectivity index (χ0n) is 23.4. The predicted molar refractivity (Wildman–Crippen MR) is 156 cm³/mol. The third-order valence-corrected chi connectivity index (χ3v) is 7.21. The van der Waals surface area contributed by atoms with Crippen LogP contribution >= 0.6 is 0 Å². The van der Waals surface area contributed by atoms with Crippen molar-refractivity contribution >= 4 is 34.2 Å². The number of hydrogen-bond acceptors (Lipinski definition) is 12. The maximum absolute atomic E-state index is 13.5. The van der Waals surface area contributed by atoms with Crippen molar-refractivity contribution in [3.8, 4) is 17.1 Å². The lowest BCUT2D eigenvalue weighted by Crippen LogP contribution is -2.65. The third-order valence-electron chi connectivity index (χ3n) is 7.21. The molecule has 1 saturated heterocycles. The number of carbonyl (C=O) groups is 3. The zero-order valence-corrected chi connectivity index (χ0v) is 23.4. The summed E-state index contributed by atoms with van der Waals surface area (Å²) < 4.78 is 5.47. The van der Waals surface area contributed by atoms with Crippen molar-refractivity contribution in [2.45, 2.75) is 6.29 Å². The molecule has 5 rings (SSSR count). The predicted octanol–water partition coefficient (Wildman–Crippen LogP) is -0.862. The lowest BCUT2D eigenvalue weighted by molar-refractivity contribution is -0.128. The minimum Gasteiger partial charge on any atom is -0.494 e. The summed E-state index contributed by atoms with van der Waals surface area (Å²) in [5, 5.41) is 20.2. The fraction of sp³-hybridized carbons (Fsp3) is 0.296. The van der Waals surface area contributed by atoms with Crippen LogP contribution in [0.15, 0.2) is 48.8 Å². The molecule has 1 unspecified atom stereocenters. The van der Waals surface area contributed by atoms with E-state index in [-0.39, 0.29) is 37.5 Å². The number of fused-ring (bicyclic) bond motifs is 1. The molecule has 0 spiro atoms. The van der Waals surface area contributed by atoms with Gasteiger partial charge in [0, 0.05) is 38.9 Å². The molecule has 4 aromatic rings. The summed E-state index contributed by atoms with van der Waals surface area (Å²) in [7, 11) is 1.44. The molecule has 9 N–H and O–H groups in total. The number of benzene rings is 1. The maximum Gasteiger partial charge on any atom is 0.295 e. The van der Waals surface area contributed by atoms with Gasteiger partial charge in [0.05, 0.1) is 42.1 Å². The second-order valence-electron chi connectivity index (χ2n) is 9.71. The molecule has 0 bridgehead atoms. The van der Waals surface area contributed by atoms with Crippen LogP contribution in [0.5, 0.6) is 5.75 Å². The average molecular weight is 592 g/mol. The molecule has 16 heteroatoms. The lowest BCUT2D eigenvalue weighted by Gasteiger charge is -2.42. The van der Waals surface area contributed by atoms with Gasteiger partial charge in [0.2, 0.25) is 0 Å². The second-order valence-corrected chi connectivity index (χ2v) is 9.71. The third kappa shape index (κ3) is 5.90. The number of H-pyrrole nitrogens is 2. The number of anilines is 1. The molecule has 1 aliphatic heterocycles. The first kappa shape index (κ1) is 29.6. The molecule has 1 aromatic carbocycles. The van der Waals surface area contributed by atoms with Crippen LogP contribution in [0.1, 0.15) is 20.8 Å². The standard InChI is InChI=1S/C27H33N11O5/c1-43-20-15-32-22(18-13-19(35-34-18)25(41)30-7-12-39)23-21(20)17(14-31-23)24(40)26(42)36-8-10-37(11-9-36)27(33-28)38(29)16-5-3-2-4-6-16/h2-6,13-15,27,31,33,39H,7-12,28-29H2,1H3,(H,30,41)(H,34,35). The molecule has 16 nitrogen and oxygen atoms in total. The van der Waals surface area contributed by atoms with Crippen LogP contribution in [0.2, 0.25) is 0 Å². The van der Waals surface area contributed by atoms with E-state index in [2.05, 4.69) is 30.9 Å². The highest BCUT2D eigenvalue weighted by molar-refractivity contribution is 6.45. The van der Waals surface area contributed by atoms with E-state index in [1.165, 1.54) is 35.5 Å². The largest absolute Gasteiger partial charge is 0.494 e. The van der Waals surface area contributed by atoms with E-state index in [4.69, 9.17) is 21.5 Å². The number of methoxy groups -OCH3 is 1. The second kappa shape index (κ2) is 13.0. The number of amides is 2. The quantitative estimate of drug-likeness (QED) is 0.0372. The smallest absolute Gasteiger partial charge is 0.295 e. The molecule has 0 saturated carbocycles. The zero-order chi connectivity index (χ0) is 30.5. The summed E-state index contributed by atoms with van der Waals surface area (Å²) in [5.74, 6) is 10.6. The summed E-state index contributed by atoms with van der Waals surface area (Å²) >= 11 is 0. The molecule has 226 valence electrons. The van der Waals surface area contributed by atoms with Crippen molar-refractivity contribution < 1.29 is 24.2 Å². The van der Waals surface area contributed by atoms with Gasteiger partial charge in [-0.2, -0.15) is 5.10 Å². The van der Waals surface area contributed by atoms with Crippen LogP contribution in [-0.2, 0) is 4.79 Å². The number of aromatic amines is 2. The number of para-hydroxylation sites is 1. The first-order chi connectivity index (χ1) is 20.9. The minimum atomic E-state index is -0.709. The van der Waals surface area contributed by atoms with Gasteiger partial charge in [-0.15, -0.1) is 0 Å². The number of pyridine rings is 1. The Bertz CT molecular complexity index is 1600. The number of Topliss-reactive ketones (excluding diaryl/α,β-unsaturated/α-hetero) is 1. The Balaban J connectivity index is 1.33. The van der Waals surface area contributed by atoms with Gasteiger partial charge in [-0.05, 0) is 18.2 Å². The molecule has 1 aliphatic rings. The molecule has 0 radical (unpaired) electrons. The highest BCUT2D eigenvalue weighted by atomic mass is 16.5. The van der Waals surface area contributed by atoms with Crippen molar-refractivity contribution in [2.75, 3.05) is 51.4 Å². The Morgan fingerprint density at radius 1 is 1.19 bits per heavy atom. The first-order valence-corrected chi connectivity index (χ1v) is 13.5. The molecule has 4 heterocycles. The first-order valence-electron chi connectivity index (χ1n) is 13.5. The van der Waals surface area contributed by atoms with E-state index in [0.717, 1.165) is 5.69 Å². The number of aliphatic hydroxyl groups excluding tert-OH is 1. The Kier molecular flexibility index (Phi) is 8.93. The van der Waals surface area contributed by atoms with Gasteiger partial charge in [0.1, 0.15) is 22.8 Å². The topological polar surface area (TPSA) is 224 Å². The van der Waals surface area contributed by atoms with Gasteiger partial charge in [0.15, 0.2) is 6.29 Å². The summed E-state index contributed by atoms with van der Waals surface area (Å²) in [6.45, 7) is 1.30. The fourth-order valence-electron chi connectivity index (χ4n) is 5.00. The normalized spacial score (nSPS) is 14.5. The van der Waals surface area contributed by atoms with Crippen molar-refractivity contribution in [2.24, 2.45) is 11.7 Å². The molecule has 1 fully saturated rings. The van der Waals surface area contributed by atoms with E-state index < -0.39 is 23.9 Å². The molecule has 1 atom stereocenters. The molecule has 43 heavy (non-hydrogen) atoms. The van der Waals surface area contributed by atoms with E-state index in [1.54, 1.807) is 0 Å². The number of nitrogens with zero attached hydrogens (tertiary/aromatic N) is 5. The van der Waals surface area contributed by atoms with Crippen LogP contribution in [0.25, 0.3) is 22.3 Å². The number of hydrazine groups is 2. The maximum atomic E-state index is 13.5. The van der Waals surface area contributed by atoms with Gasteiger partial charge >= 0.3 is 0 Å². The van der Waals surface area contributed by atoms with E-state index >= 15 is 0 Å². The number of nitrogens with two attached hydrogens (primary N) is 2. The number of ketones is 1. The average Bonchev–Trinajstić information content (AvgIpc) is 3.72. The van der Waals surface area contributed by atoms with Crippen LogP contribution in [-0.4, -0.2) is 105 Å². The lowest BCUT2D eigenvalue weighted by atomic mass is 10.1. The number of hydrogen-bond donors (Lipinski definition) is 7. The molecule has 2 amide bonds. The van der Waals surface area contributed by atoms with Gasteiger partial charge < -0.3 is 25.0 Å².